The first kappa shape index (κ1) is 20.4. The van der Waals surface area contributed by atoms with Crippen molar-refractivity contribution in [3.8, 4) is 11.5 Å². The van der Waals surface area contributed by atoms with Gasteiger partial charge in [-0.3, -0.25) is 0 Å². The average molecular weight is 398 g/mol. The first-order valence-electron chi connectivity index (χ1n) is 8.25. The van der Waals surface area contributed by atoms with Crippen molar-refractivity contribution < 1.29 is 17.9 Å². The van der Waals surface area contributed by atoms with Crippen molar-refractivity contribution >= 4 is 27.1 Å². The Labute approximate surface area is 160 Å². The lowest BCUT2D eigenvalue weighted by Crippen LogP contribution is -2.16. The minimum Gasteiger partial charge on any atom is -0.493 e. The summed E-state index contributed by atoms with van der Waals surface area (Å²) in [4.78, 5) is 0. The van der Waals surface area contributed by atoms with E-state index >= 15 is 0 Å². The van der Waals surface area contributed by atoms with Crippen molar-refractivity contribution in [2.45, 2.75) is 19.3 Å². The summed E-state index contributed by atoms with van der Waals surface area (Å²) in [5, 5.41) is 0.550. The van der Waals surface area contributed by atoms with Crippen LogP contribution in [0.25, 0.3) is 0 Å². The molecule has 26 heavy (non-hydrogen) atoms. The predicted molar refractivity (Wildman–Crippen MR) is 106 cm³/mol. The van der Waals surface area contributed by atoms with Crippen molar-refractivity contribution in [3.05, 3.63) is 52.5 Å². The topological polar surface area (TPSA) is 78.6 Å². The van der Waals surface area contributed by atoms with Crippen LogP contribution in [-0.4, -0.2) is 34.1 Å². The Hall–Kier alpha value is -1.92. The van der Waals surface area contributed by atoms with Crippen LogP contribution in [0, 0.1) is 0 Å². The van der Waals surface area contributed by atoms with Gasteiger partial charge in [-0.2, -0.15) is 0 Å². The number of hydrogen-bond donors (Lipinski definition) is 1. The quantitative estimate of drug-likeness (QED) is 0.687. The molecule has 0 aliphatic carbocycles. The molecule has 2 N–H and O–H groups in total. The lowest BCUT2D eigenvalue weighted by atomic mass is 9.92. The van der Waals surface area contributed by atoms with E-state index in [4.69, 9.17) is 26.8 Å². The Balaban J connectivity index is 2.42. The van der Waals surface area contributed by atoms with E-state index in [1.165, 1.54) is 6.26 Å². The van der Waals surface area contributed by atoms with Gasteiger partial charge in [0.05, 0.1) is 19.5 Å². The minimum atomic E-state index is -3.19. The van der Waals surface area contributed by atoms with Crippen LogP contribution >= 0.6 is 11.6 Å². The molecule has 2 rings (SSSR count). The summed E-state index contributed by atoms with van der Waals surface area (Å²) >= 11 is 5.96. The first-order valence-corrected chi connectivity index (χ1v) is 10.7. The van der Waals surface area contributed by atoms with Crippen LogP contribution in [0.1, 0.15) is 24.0 Å². The molecule has 0 saturated carbocycles. The lowest BCUT2D eigenvalue weighted by molar-refractivity contribution is 0.310. The van der Waals surface area contributed by atoms with Crippen LogP contribution < -0.4 is 15.2 Å². The number of sulfone groups is 1. The molecular formula is C19H24ClNO4S. The van der Waals surface area contributed by atoms with Crippen molar-refractivity contribution in [1.29, 1.82) is 0 Å². The average Bonchev–Trinajstić information content (AvgIpc) is 2.55. The molecular weight excluding hydrogens is 374 g/mol. The lowest BCUT2D eigenvalue weighted by Gasteiger charge is -2.20. The third-order valence-electron chi connectivity index (χ3n) is 4.04. The van der Waals surface area contributed by atoms with Crippen LogP contribution in [0.5, 0.6) is 11.5 Å². The molecule has 7 heteroatoms. The Morgan fingerprint density at radius 1 is 1.15 bits per heavy atom. The standard InChI is InChI=1S/C19H24ClNO4S/c1-4-25-19-10-13(6-8-18(19)24-2)15(12-26(3,22)23)9-14-5-7-16(20)11-17(14)21/h5-8,10-11,15H,4,9,12,21H2,1-3H3/t15-/m1/s1. The zero-order chi connectivity index (χ0) is 19.3. The van der Waals surface area contributed by atoms with Crippen LogP contribution in [0.2, 0.25) is 5.02 Å². The van der Waals surface area contributed by atoms with Crippen molar-refractivity contribution in [2.24, 2.45) is 0 Å². The zero-order valence-corrected chi connectivity index (χ0v) is 16.7. The van der Waals surface area contributed by atoms with Gasteiger partial charge in [0.2, 0.25) is 0 Å². The number of hydrogen-bond acceptors (Lipinski definition) is 5. The highest BCUT2D eigenvalue weighted by atomic mass is 35.5. The summed E-state index contributed by atoms with van der Waals surface area (Å²) in [7, 11) is -1.62. The van der Waals surface area contributed by atoms with Crippen LogP contribution in [-0.2, 0) is 16.3 Å². The fraction of sp³-hybridized carbons (Fsp3) is 0.368. The number of benzene rings is 2. The smallest absolute Gasteiger partial charge is 0.161 e. The van der Waals surface area contributed by atoms with Crippen molar-refractivity contribution in [2.75, 3.05) is 31.5 Å². The second-order valence-corrected chi connectivity index (χ2v) is 8.80. The van der Waals surface area contributed by atoms with Gasteiger partial charge in [0, 0.05) is 22.9 Å². The fourth-order valence-corrected chi connectivity index (χ4v) is 4.09. The number of halogens is 1. The van der Waals surface area contributed by atoms with Gasteiger partial charge in [-0.25, -0.2) is 8.42 Å². The van der Waals surface area contributed by atoms with Gasteiger partial charge in [0.15, 0.2) is 11.5 Å². The molecule has 0 bridgehead atoms. The number of rotatable bonds is 8. The third-order valence-corrected chi connectivity index (χ3v) is 5.28. The molecule has 5 nitrogen and oxygen atoms in total. The summed E-state index contributed by atoms with van der Waals surface area (Å²) < 4.78 is 34.9. The van der Waals surface area contributed by atoms with Gasteiger partial charge in [-0.1, -0.05) is 23.7 Å². The SMILES string of the molecule is CCOc1cc([C@H](Cc2ccc(Cl)cc2N)CS(C)(=O)=O)ccc1OC. The highest BCUT2D eigenvalue weighted by molar-refractivity contribution is 7.90. The summed E-state index contributed by atoms with van der Waals surface area (Å²) in [6.45, 7) is 2.37. The highest BCUT2D eigenvalue weighted by Gasteiger charge is 2.21. The number of anilines is 1. The van der Waals surface area contributed by atoms with Gasteiger partial charge < -0.3 is 15.2 Å². The molecule has 0 fully saturated rings. The Bertz CT molecular complexity index is 868. The molecule has 0 aliphatic rings. The maximum Gasteiger partial charge on any atom is 0.161 e. The maximum atomic E-state index is 12.0. The normalized spacial score (nSPS) is 12.6. The van der Waals surface area contributed by atoms with E-state index in [-0.39, 0.29) is 11.7 Å². The molecule has 0 unspecified atom stereocenters. The second kappa shape index (κ2) is 8.64. The molecule has 0 aliphatic heterocycles. The van der Waals surface area contributed by atoms with Crippen LogP contribution in [0.3, 0.4) is 0 Å². The van der Waals surface area contributed by atoms with E-state index in [0.29, 0.717) is 35.2 Å². The first-order chi connectivity index (χ1) is 12.2. The van der Waals surface area contributed by atoms with E-state index in [1.54, 1.807) is 25.3 Å². The number of nitrogen functional groups attached to an aromatic ring is 1. The van der Waals surface area contributed by atoms with Gasteiger partial charge in [0.1, 0.15) is 9.84 Å². The van der Waals surface area contributed by atoms with E-state index in [9.17, 15) is 8.42 Å². The molecule has 2 aromatic rings. The van der Waals surface area contributed by atoms with E-state index in [2.05, 4.69) is 0 Å². The molecule has 0 saturated heterocycles. The van der Waals surface area contributed by atoms with E-state index in [1.807, 2.05) is 25.1 Å². The molecule has 2 aromatic carbocycles. The van der Waals surface area contributed by atoms with Crippen LogP contribution in [0.15, 0.2) is 36.4 Å². The van der Waals surface area contributed by atoms with Crippen molar-refractivity contribution in [3.63, 3.8) is 0 Å². The van der Waals surface area contributed by atoms with Gasteiger partial charge in [-0.15, -0.1) is 0 Å². The Morgan fingerprint density at radius 2 is 1.88 bits per heavy atom. The van der Waals surface area contributed by atoms with E-state index < -0.39 is 9.84 Å². The molecule has 0 spiro atoms. The zero-order valence-electron chi connectivity index (χ0n) is 15.2. The Morgan fingerprint density at radius 3 is 2.46 bits per heavy atom. The minimum absolute atomic E-state index is 0.00690. The van der Waals surface area contributed by atoms with Crippen LogP contribution in [0.4, 0.5) is 5.69 Å². The fourth-order valence-electron chi connectivity index (χ4n) is 2.87. The van der Waals surface area contributed by atoms with Gasteiger partial charge in [-0.05, 0) is 48.7 Å². The monoisotopic (exact) mass is 397 g/mol. The third kappa shape index (κ3) is 5.54. The van der Waals surface area contributed by atoms with Gasteiger partial charge >= 0.3 is 0 Å². The highest BCUT2D eigenvalue weighted by Crippen LogP contribution is 2.34. The maximum absolute atomic E-state index is 12.0. The summed E-state index contributed by atoms with van der Waals surface area (Å²) in [6, 6.07) is 10.8. The molecule has 142 valence electrons. The number of nitrogens with two attached hydrogens (primary N) is 1. The van der Waals surface area contributed by atoms with Gasteiger partial charge in [0.25, 0.3) is 0 Å². The number of ether oxygens (including phenoxy) is 2. The molecule has 0 aromatic heterocycles. The van der Waals surface area contributed by atoms with Crippen molar-refractivity contribution in [1.82, 2.24) is 0 Å². The molecule has 1 atom stereocenters. The summed E-state index contributed by atoms with van der Waals surface area (Å²) in [6.07, 6.45) is 1.71. The summed E-state index contributed by atoms with van der Waals surface area (Å²) in [5.41, 5.74) is 8.32. The molecule has 0 amide bonds. The summed E-state index contributed by atoms with van der Waals surface area (Å²) in [5.74, 6) is 0.945. The largest absolute Gasteiger partial charge is 0.493 e. The second-order valence-electron chi connectivity index (χ2n) is 6.18. The predicted octanol–water partition coefficient (Wildman–Crippen LogP) is 3.70. The Kier molecular flexibility index (Phi) is 6.78. The number of methoxy groups -OCH3 is 1. The molecule has 0 radical (unpaired) electrons. The molecule has 0 heterocycles. The van der Waals surface area contributed by atoms with E-state index in [0.717, 1.165) is 11.1 Å².